The van der Waals surface area contributed by atoms with Crippen LogP contribution < -0.4 is 5.32 Å². The first-order chi connectivity index (χ1) is 7.61. The molecule has 0 atom stereocenters. The highest BCUT2D eigenvalue weighted by Crippen LogP contribution is 1.88. The maximum atomic E-state index is 11.5. The van der Waals surface area contributed by atoms with Crippen molar-refractivity contribution in [2.24, 2.45) is 0 Å². The van der Waals surface area contributed by atoms with Crippen molar-refractivity contribution in [1.29, 1.82) is 0 Å². The van der Waals surface area contributed by atoms with Crippen molar-refractivity contribution in [3.8, 4) is 24.2 Å². The normalized spacial score (nSPS) is 8.25. The molecule has 0 fully saturated rings. The molecular weight excluding hydrogens is 208 g/mol. The Bertz CT molecular complexity index is 346. The summed E-state index contributed by atoms with van der Waals surface area (Å²) in [4.78, 5) is 23.0. The van der Waals surface area contributed by atoms with Crippen LogP contribution in [0, 0.1) is 24.2 Å². The lowest BCUT2D eigenvalue weighted by Crippen LogP contribution is -2.41. The zero-order valence-corrected chi connectivity index (χ0v) is 9.12. The largest absolute Gasteiger partial charge is 0.481 e. The molecule has 0 aromatic rings. The van der Waals surface area contributed by atoms with Gasteiger partial charge in [0, 0.05) is 6.54 Å². The molecule has 86 valence electrons. The number of nitrogens with one attached hydrogen (secondary N) is 1. The fourth-order valence-electron chi connectivity index (χ4n) is 0.872. The summed E-state index contributed by atoms with van der Waals surface area (Å²) in [6, 6.07) is -0.401. The van der Waals surface area contributed by atoms with Crippen molar-refractivity contribution in [3.05, 3.63) is 0 Å². The van der Waals surface area contributed by atoms with Gasteiger partial charge in [0.15, 0.2) is 0 Å². The van der Waals surface area contributed by atoms with Crippen molar-refractivity contribution in [1.82, 2.24) is 10.2 Å². The third-order valence-electron chi connectivity index (χ3n) is 1.63. The van der Waals surface area contributed by atoms with Gasteiger partial charge in [-0.05, 0) is 6.92 Å². The third kappa shape index (κ3) is 6.33. The molecular formula is C11H14N2O3. The van der Waals surface area contributed by atoms with Crippen molar-refractivity contribution in [2.75, 3.05) is 19.6 Å². The maximum Gasteiger partial charge on any atom is 0.318 e. The Labute approximate surface area is 94.8 Å². The van der Waals surface area contributed by atoms with Crippen LogP contribution in [0.5, 0.6) is 0 Å². The molecule has 0 spiro atoms. The van der Waals surface area contributed by atoms with Crippen LogP contribution in [0.4, 0.5) is 4.79 Å². The van der Waals surface area contributed by atoms with Crippen LogP contribution in [0.1, 0.15) is 13.3 Å². The fourth-order valence-corrected chi connectivity index (χ4v) is 0.872. The topological polar surface area (TPSA) is 69.6 Å². The molecule has 0 unspecified atom stereocenters. The highest BCUT2D eigenvalue weighted by molar-refractivity contribution is 5.75. The molecule has 2 amide bonds. The van der Waals surface area contributed by atoms with E-state index in [1.807, 2.05) is 0 Å². The number of terminal acetylenes is 1. The number of hydrogen-bond donors (Lipinski definition) is 2. The minimum atomic E-state index is -0.961. The van der Waals surface area contributed by atoms with Crippen molar-refractivity contribution in [3.63, 3.8) is 0 Å². The van der Waals surface area contributed by atoms with E-state index in [-0.39, 0.29) is 26.1 Å². The van der Waals surface area contributed by atoms with E-state index in [2.05, 4.69) is 23.1 Å². The first kappa shape index (κ1) is 13.9. The molecule has 0 aliphatic carbocycles. The van der Waals surface area contributed by atoms with Gasteiger partial charge in [-0.3, -0.25) is 4.79 Å². The van der Waals surface area contributed by atoms with Crippen LogP contribution >= 0.6 is 0 Å². The van der Waals surface area contributed by atoms with Crippen LogP contribution in [0.3, 0.4) is 0 Å². The second-order valence-corrected chi connectivity index (χ2v) is 2.86. The summed E-state index contributed by atoms with van der Waals surface area (Å²) in [6.07, 6.45) is 4.99. The Morgan fingerprint density at radius 2 is 2.12 bits per heavy atom. The van der Waals surface area contributed by atoms with E-state index in [0.29, 0.717) is 0 Å². The van der Waals surface area contributed by atoms with Gasteiger partial charge in [0.2, 0.25) is 0 Å². The van der Waals surface area contributed by atoms with E-state index in [1.165, 1.54) is 4.90 Å². The van der Waals surface area contributed by atoms with Gasteiger partial charge in [0.1, 0.15) is 0 Å². The minimum Gasteiger partial charge on any atom is -0.481 e. The summed E-state index contributed by atoms with van der Waals surface area (Å²) in [7, 11) is 0. The third-order valence-corrected chi connectivity index (χ3v) is 1.63. The van der Waals surface area contributed by atoms with Crippen LogP contribution in [-0.4, -0.2) is 41.6 Å². The molecule has 0 radical (unpaired) electrons. The zero-order chi connectivity index (χ0) is 12.4. The van der Waals surface area contributed by atoms with E-state index in [1.54, 1.807) is 6.92 Å². The lowest BCUT2D eigenvalue weighted by atomic mass is 10.4. The van der Waals surface area contributed by atoms with Crippen LogP contribution in [0.2, 0.25) is 0 Å². The Morgan fingerprint density at radius 3 is 2.62 bits per heavy atom. The summed E-state index contributed by atoms with van der Waals surface area (Å²) < 4.78 is 0. The molecule has 0 bridgehead atoms. The summed E-state index contributed by atoms with van der Waals surface area (Å²) >= 11 is 0. The van der Waals surface area contributed by atoms with Gasteiger partial charge >= 0.3 is 12.0 Å². The molecule has 0 saturated heterocycles. The summed E-state index contributed by atoms with van der Waals surface area (Å²) in [6.45, 7) is 2.12. The number of hydrogen-bond acceptors (Lipinski definition) is 2. The van der Waals surface area contributed by atoms with E-state index in [0.717, 1.165) is 0 Å². The predicted molar refractivity (Wildman–Crippen MR) is 59.5 cm³/mol. The Kier molecular flexibility index (Phi) is 7.10. The molecule has 0 aromatic heterocycles. The second kappa shape index (κ2) is 8.19. The molecule has 0 aromatic carbocycles. The highest BCUT2D eigenvalue weighted by atomic mass is 16.4. The summed E-state index contributed by atoms with van der Waals surface area (Å²) in [5, 5.41) is 10.8. The smallest absolute Gasteiger partial charge is 0.318 e. The first-order valence-corrected chi connectivity index (χ1v) is 4.69. The standard InChI is InChI=1S/C11H14N2O3/c1-3-5-9-13(8-4-2)11(16)12-7-6-10(14)15/h2H,6-9H2,1H3,(H,12,16)(H,14,15). The molecule has 0 saturated carbocycles. The second-order valence-electron chi connectivity index (χ2n) is 2.86. The number of urea groups is 1. The molecule has 0 aliphatic heterocycles. The van der Waals surface area contributed by atoms with Crippen LogP contribution in [0.15, 0.2) is 0 Å². The van der Waals surface area contributed by atoms with Gasteiger partial charge in [0.05, 0.1) is 19.5 Å². The Balaban J connectivity index is 4.10. The number of aliphatic carboxylic acids is 1. The van der Waals surface area contributed by atoms with Gasteiger partial charge in [-0.25, -0.2) is 4.79 Å². The van der Waals surface area contributed by atoms with E-state index in [9.17, 15) is 9.59 Å². The number of carbonyl (C=O) groups is 2. The van der Waals surface area contributed by atoms with Crippen molar-refractivity contribution >= 4 is 12.0 Å². The fraction of sp³-hybridized carbons (Fsp3) is 0.455. The summed E-state index contributed by atoms with van der Waals surface area (Å²) in [5.74, 6) is 6.74. The highest BCUT2D eigenvalue weighted by Gasteiger charge is 2.10. The van der Waals surface area contributed by atoms with Gasteiger partial charge in [0.25, 0.3) is 0 Å². The maximum absolute atomic E-state index is 11.5. The van der Waals surface area contributed by atoms with Crippen LogP contribution in [-0.2, 0) is 4.79 Å². The van der Waals surface area contributed by atoms with Crippen molar-refractivity contribution < 1.29 is 14.7 Å². The number of carboxylic acids is 1. The van der Waals surface area contributed by atoms with E-state index < -0.39 is 12.0 Å². The predicted octanol–water partition coefficient (Wildman–Crippen LogP) is 0.129. The van der Waals surface area contributed by atoms with Gasteiger partial charge in [-0.1, -0.05) is 11.8 Å². The lowest BCUT2D eigenvalue weighted by Gasteiger charge is -2.17. The molecule has 16 heavy (non-hydrogen) atoms. The average Bonchev–Trinajstić information content (AvgIpc) is 2.23. The molecule has 0 heterocycles. The average molecular weight is 222 g/mol. The molecule has 2 N–H and O–H groups in total. The Morgan fingerprint density at radius 1 is 1.44 bits per heavy atom. The van der Waals surface area contributed by atoms with Crippen LogP contribution in [0.25, 0.3) is 0 Å². The zero-order valence-electron chi connectivity index (χ0n) is 9.12. The summed E-state index contributed by atoms with van der Waals surface area (Å²) in [5.41, 5.74) is 0. The van der Waals surface area contributed by atoms with Gasteiger partial charge < -0.3 is 15.3 Å². The molecule has 0 rings (SSSR count). The van der Waals surface area contributed by atoms with E-state index >= 15 is 0 Å². The van der Waals surface area contributed by atoms with Gasteiger partial charge in [-0.15, -0.1) is 12.3 Å². The number of nitrogens with zero attached hydrogens (tertiary/aromatic N) is 1. The quantitative estimate of drug-likeness (QED) is 0.649. The lowest BCUT2D eigenvalue weighted by molar-refractivity contribution is -0.136. The van der Waals surface area contributed by atoms with Gasteiger partial charge in [-0.2, -0.15) is 0 Å². The number of amides is 2. The molecule has 5 nitrogen and oxygen atoms in total. The molecule has 0 aliphatic rings. The molecule has 5 heteroatoms. The monoisotopic (exact) mass is 222 g/mol. The minimum absolute atomic E-state index is 0.0782. The van der Waals surface area contributed by atoms with E-state index in [4.69, 9.17) is 11.5 Å². The first-order valence-electron chi connectivity index (χ1n) is 4.69. The van der Waals surface area contributed by atoms with Crippen molar-refractivity contribution in [2.45, 2.75) is 13.3 Å². The Hall–Kier alpha value is -2.14. The number of carbonyl (C=O) groups excluding carboxylic acids is 1. The number of rotatable bonds is 5. The SMILES string of the molecule is C#CCN(CC#CC)C(=O)NCCC(=O)O. The number of carboxylic acid groups (broad SMARTS) is 1.